The molecule has 5 heteroatoms. The molecule has 0 saturated heterocycles. The highest BCUT2D eigenvalue weighted by Crippen LogP contribution is 2.22. The van der Waals surface area contributed by atoms with E-state index >= 15 is 0 Å². The maximum Gasteiger partial charge on any atom is 0.244 e. The van der Waals surface area contributed by atoms with Gasteiger partial charge in [-0.2, -0.15) is 0 Å². The van der Waals surface area contributed by atoms with Crippen LogP contribution in [0.2, 0.25) is 5.02 Å². The lowest BCUT2D eigenvalue weighted by molar-refractivity contribution is -0.116. The van der Waals surface area contributed by atoms with Crippen LogP contribution in [-0.2, 0) is 11.3 Å². The fourth-order valence-corrected chi connectivity index (χ4v) is 2.78. The second-order valence-corrected chi connectivity index (χ2v) is 5.81. The second-order valence-electron chi connectivity index (χ2n) is 5.38. The third kappa shape index (κ3) is 3.32. The maximum absolute atomic E-state index is 12.3. The van der Waals surface area contributed by atoms with Crippen LogP contribution in [0.3, 0.4) is 0 Å². The van der Waals surface area contributed by atoms with Crippen LogP contribution in [0.1, 0.15) is 5.56 Å². The Morgan fingerprint density at radius 1 is 1.22 bits per heavy atom. The number of methoxy groups -OCH3 is 1. The van der Waals surface area contributed by atoms with Crippen LogP contribution in [0, 0.1) is 6.92 Å². The van der Waals surface area contributed by atoms with Crippen molar-refractivity contribution in [1.29, 1.82) is 0 Å². The fraction of sp³-hybridized carbons (Fsp3) is 0.167. The minimum Gasteiger partial charge on any atom is -0.497 e. The fourth-order valence-electron chi connectivity index (χ4n) is 2.55. The Morgan fingerprint density at radius 3 is 2.78 bits per heavy atom. The van der Waals surface area contributed by atoms with Crippen LogP contribution in [0.25, 0.3) is 10.9 Å². The Balaban J connectivity index is 1.77. The van der Waals surface area contributed by atoms with E-state index in [2.05, 4.69) is 5.32 Å². The quantitative estimate of drug-likeness (QED) is 0.778. The summed E-state index contributed by atoms with van der Waals surface area (Å²) in [6, 6.07) is 13.2. The molecule has 0 aliphatic heterocycles. The molecule has 3 rings (SSSR count). The van der Waals surface area contributed by atoms with E-state index in [1.165, 1.54) is 0 Å². The Bertz CT molecular complexity index is 871. The van der Waals surface area contributed by atoms with Crippen molar-refractivity contribution in [2.75, 3.05) is 12.4 Å². The van der Waals surface area contributed by atoms with Gasteiger partial charge in [-0.3, -0.25) is 4.79 Å². The monoisotopic (exact) mass is 328 g/mol. The summed E-state index contributed by atoms with van der Waals surface area (Å²) in [5.74, 6) is 0.722. The molecule has 0 saturated carbocycles. The number of amides is 1. The normalized spacial score (nSPS) is 10.7. The van der Waals surface area contributed by atoms with Gasteiger partial charge in [0.05, 0.1) is 7.11 Å². The molecule has 0 unspecified atom stereocenters. The van der Waals surface area contributed by atoms with Crippen molar-refractivity contribution < 1.29 is 9.53 Å². The number of nitrogens with one attached hydrogen (secondary N) is 1. The number of hydrogen-bond donors (Lipinski definition) is 1. The Labute approximate surface area is 139 Å². The maximum atomic E-state index is 12.3. The SMILES string of the molecule is COc1ccc2c(ccn2CC(=O)Nc2ccc(Cl)cc2C)c1. The Morgan fingerprint density at radius 2 is 2.04 bits per heavy atom. The predicted octanol–water partition coefficient (Wildman–Crippen LogP) is 4.25. The van der Waals surface area contributed by atoms with Gasteiger partial charge in [0.25, 0.3) is 0 Å². The lowest BCUT2D eigenvalue weighted by Crippen LogP contribution is -2.18. The number of carbonyl (C=O) groups is 1. The number of hydrogen-bond acceptors (Lipinski definition) is 2. The number of nitrogens with zero attached hydrogens (tertiary/aromatic N) is 1. The van der Waals surface area contributed by atoms with Gasteiger partial charge in [-0.25, -0.2) is 0 Å². The van der Waals surface area contributed by atoms with E-state index in [1.807, 2.05) is 54.1 Å². The van der Waals surface area contributed by atoms with Crippen molar-refractivity contribution in [3.63, 3.8) is 0 Å². The molecule has 1 aromatic heterocycles. The first-order chi connectivity index (χ1) is 11.1. The zero-order valence-electron chi connectivity index (χ0n) is 13.0. The molecule has 118 valence electrons. The largest absolute Gasteiger partial charge is 0.497 e. The van der Waals surface area contributed by atoms with Crippen LogP contribution in [0.4, 0.5) is 5.69 Å². The van der Waals surface area contributed by atoms with Crippen molar-refractivity contribution in [2.24, 2.45) is 0 Å². The van der Waals surface area contributed by atoms with Crippen LogP contribution in [-0.4, -0.2) is 17.6 Å². The van der Waals surface area contributed by atoms with Gasteiger partial charge < -0.3 is 14.6 Å². The molecule has 0 fully saturated rings. The third-order valence-corrected chi connectivity index (χ3v) is 3.99. The number of aryl methyl sites for hydroxylation is 1. The molecule has 2 aromatic carbocycles. The molecule has 1 amide bonds. The lowest BCUT2D eigenvalue weighted by Gasteiger charge is -2.10. The third-order valence-electron chi connectivity index (χ3n) is 3.75. The molecule has 0 bridgehead atoms. The van der Waals surface area contributed by atoms with E-state index in [-0.39, 0.29) is 12.5 Å². The zero-order chi connectivity index (χ0) is 16.4. The minimum atomic E-state index is -0.0799. The number of anilines is 1. The van der Waals surface area contributed by atoms with Gasteiger partial charge >= 0.3 is 0 Å². The molecule has 1 heterocycles. The number of ether oxygens (including phenoxy) is 1. The Kier molecular flexibility index (Phi) is 4.26. The topological polar surface area (TPSA) is 43.3 Å². The summed E-state index contributed by atoms with van der Waals surface area (Å²) in [7, 11) is 1.64. The average molecular weight is 329 g/mol. The van der Waals surface area contributed by atoms with Crippen LogP contribution in [0.15, 0.2) is 48.7 Å². The van der Waals surface area contributed by atoms with Crippen LogP contribution >= 0.6 is 11.6 Å². The second kappa shape index (κ2) is 6.34. The highest BCUT2D eigenvalue weighted by molar-refractivity contribution is 6.30. The molecule has 0 spiro atoms. The number of benzene rings is 2. The van der Waals surface area contributed by atoms with E-state index in [1.54, 1.807) is 13.2 Å². The number of halogens is 1. The van der Waals surface area contributed by atoms with Crippen molar-refractivity contribution in [1.82, 2.24) is 4.57 Å². The van der Waals surface area contributed by atoms with E-state index < -0.39 is 0 Å². The smallest absolute Gasteiger partial charge is 0.244 e. The molecular weight excluding hydrogens is 312 g/mol. The summed E-state index contributed by atoms with van der Waals surface area (Å²) in [4.78, 5) is 12.3. The molecule has 0 aliphatic carbocycles. The van der Waals surface area contributed by atoms with Crippen molar-refractivity contribution in [3.05, 3.63) is 59.2 Å². The van der Waals surface area contributed by atoms with E-state index in [9.17, 15) is 4.79 Å². The van der Waals surface area contributed by atoms with Crippen LogP contribution < -0.4 is 10.1 Å². The first-order valence-corrected chi connectivity index (χ1v) is 7.63. The van der Waals surface area contributed by atoms with Crippen molar-refractivity contribution in [3.8, 4) is 5.75 Å². The first kappa shape index (κ1) is 15.4. The van der Waals surface area contributed by atoms with Crippen molar-refractivity contribution in [2.45, 2.75) is 13.5 Å². The highest BCUT2D eigenvalue weighted by Gasteiger charge is 2.09. The molecule has 23 heavy (non-hydrogen) atoms. The van der Waals surface area contributed by atoms with Gasteiger partial charge in [0.2, 0.25) is 5.91 Å². The van der Waals surface area contributed by atoms with E-state index in [0.717, 1.165) is 27.9 Å². The summed E-state index contributed by atoms with van der Waals surface area (Å²) in [5.41, 5.74) is 2.71. The van der Waals surface area contributed by atoms with Gasteiger partial charge in [0.15, 0.2) is 0 Å². The summed E-state index contributed by atoms with van der Waals surface area (Å²) in [6.07, 6.45) is 1.90. The van der Waals surface area contributed by atoms with Gasteiger partial charge in [-0.15, -0.1) is 0 Å². The Hall–Kier alpha value is -2.46. The summed E-state index contributed by atoms with van der Waals surface area (Å²) in [5, 5.41) is 4.62. The molecule has 1 N–H and O–H groups in total. The summed E-state index contributed by atoms with van der Waals surface area (Å²) < 4.78 is 7.13. The standard InChI is InChI=1S/C18H17ClN2O2/c1-12-9-14(19)3-5-16(12)20-18(22)11-21-8-7-13-10-15(23-2)4-6-17(13)21/h3-10H,11H2,1-2H3,(H,20,22). The number of rotatable bonds is 4. The molecule has 0 atom stereocenters. The van der Waals surface area contributed by atoms with Gasteiger partial charge in [0, 0.05) is 27.8 Å². The highest BCUT2D eigenvalue weighted by atomic mass is 35.5. The summed E-state index contributed by atoms with van der Waals surface area (Å²) in [6.45, 7) is 2.16. The van der Waals surface area contributed by atoms with Gasteiger partial charge in [-0.1, -0.05) is 11.6 Å². The number of fused-ring (bicyclic) bond motifs is 1. The molecule has 3 aromatic rings. The minimum absolute atomic E-state index is 0.0799. The van der Waals surface area contributed by atoms with E-state index in [4.69, 9.17) is 16.3 Å². The number of aromatic nitrogens is 1. The number of carbonyl (C=O) groups excluding carboxylic acids is 1. The summed E-state index contributed by atoms with van der Waals surface area (Å²) >= 11 is 5.93. The van der Waals surface area contributed by atoms with E-state index in [0.29, 0.717) is 5.02 Å². The molecule has 0 aliphatic rings. The molecule has 0 radical (unpaired) electrons. The average Bonchev–Trinajstić information content (AvgIpc) is 2.92. The molecular formula is C18H17ClN2O2. The lowest BCUT2D eigenvalue weighted by atomic mass is 10.2. The van der Waals surface area contributed by atoms with Gasteiger partial charge in [0.1, 0.15) is 12.3 Å². The molecule has 4 nitrogen and oxygen atoms in total. The van der Waals surface area contributed by atoms with Crippen molar-refractivity contribution >= 4 is 34.1 Å². The predicted molar refractivity (Wildman–Crippen MR) is 93.3 cm³/mol. The first-order valence-electron chi connectivity index (χ1n) is 7.26. The van der Waals surface area contributed by atoms with Crippen LogP contribution in [0.5, 0.6) is 5.75 Å². The van der Waals surface area contributed by atoms with Gasteiger partial charge in [-0.05, 0) is 55.0 Å². The zero-order valence-corrected chi connectivity index (χ0v) is 13.7.